The van der Waals surface area contributed by atoms with Crippen molar-refractivity contribution in [2.24, 2.45) is 0 Å². The summed E-state index contributed by atoms with van der Waals surface area (Å²) in [6.45, 7) is 3.69. The number of rotatable bonds is 3. The molecule has 1 aromatic heterocycles. The van der Waals surface area contributed by atoms with E-state index in [1.54, 1.807) is 7.11 Å². The number of aryl methyl sites for hydroxylation is 2. The molecule has 0 radical (unpaired) electrons. The zero-order valence-corrected chi connectivity index (χ0v) is 10.5. The number of aromatic nitrogens is 2. The highest BCUT2D eigenvalue weighted by Gasteiger charge is 2.29. The summed E-state index contributed by atoms with van der Waals surface area (Å²) in [6.07, 6.45) is 3.25. The second-order valence-corrected chi connectivity index (χ2v) is 4.59. The van der Waals surface area contributed by atoms with E-state index in [1.165, 1.54) is 0 Å². The van der Waals surface area contributed by atoms with Crippen LogP contribution in [0, 0.1) is 13.8 Å². The molecule has 0 aliphatic heterocycles. The van der Waals surface area contributed by atoms with E-state index in [4.69, 9.17) is 4.74 Å². The van der Waals surface area contributed by atoms with Gasteiger partial charge in [0.05, 0.1) is 23.4 Å². The predicted octanol–water partition coefficient (Wildman–Crippen LogP) is 1.32. The number of carbonyl (C=O) groups is 1. The molecule has 1 heterocycles. The molecule has 0 spiro atoms. The first-order valence-corrected chi connectivity index (χ1v) is 5.98. The lowest BCUT2D eigenvalue weighted by atomic mass is 10.1. The van der Waals surface area contributed by atoms with Gasteiger partial charge < -0.3 is 10.1 Å². The standard InChI is InChI=1S/C12H19N3O2/c1-7-11(8(2)15-14-7)12(16)13-9-5-4-6-10(9)17-3/h9-10H,4-6H2,1-3H3,(H,13,16)(H,14,15). The van der Waals surface area contributed by atoms with Crippen molar-refractivity contribution in [1.29, 1.82) is 0 Å². The molecule has 2 N–H and O–H groups in total. The van der Waals surface area contributed by atoms with Crippen LogP contribution in [0.3, 0.4) is 0 Å². The number of amides is 1. The lowest BCUT2D eigenvalue weighted by molar-refractivity contribution is 0.0721. The minimum absolute atomic E-state index is 0.0531. The van der Waals surface area contributed by atoms with Gasteiger partial charge in [0.25, 0.3) is 5.91 Å². The Morgan fingerprint density at radius 3 is 2.82 bits per heavy atom. The summed E-state index contributed by atoms with van der Waals surface area (Å²) < 4.78 is 5.36. The van der Waals surface area contributed by atoms with Crippen LogP contribution in [-0.2, 0) is 4.74 Å². The van der Waals surface area contributed by atoms with Crippen LogP contribution in [0.25, 0.3) is 0 Å². The van der Waals surface area contributed by atoms with E-state index in [2.05, 4.69) is 15.5 Å². The Kier molecular flexibility index (Phi) is 3.47. The van der Waals surface area contributed by atoms with Crippen molar-refractivity contribution in [2.45, 2.75) is 45.3 Å². The van der Waals surface area contributed by atoms with Crippen LogP contribution >= 0.6 is 0 Å². The topological polar surface area (TPSA) is 67.0 Å². The predicted molar refractivity (Wildman–Crippen MR) is 64.0 cm³/mol. The molecule has 1 aromatic rings. The van der Waals surface area contributed by atoms with E-state index in [1.807, 2.05) is 13.8 Å². The average Bonchev–Trinajstić information content (AvgIpc) is 2.85. The quantitative estimate of drug-likeness (QED) is 0.833. The number of nitrogens with one attached hydrogen (secondary N) is 2. The van der Waals surface area contributed by atoms with Crippen molar-refractivity contribution in [3.05, 3.63) is 17.0 Å². The van der Waals surface area contributed by atoms with E-state index < -0.39 is 0 Å². The second-order valence-electron chi connectivity index (χ2n) is 4.59. The zero-order valence-electron chi connectivity index (χ0n) is 10.5. The Hall–Kier alpha value is -1.36. The maximum Gasteiger partial charge on any atom is 0.255 e. The van der Waals surface area contributed by atoms with E-state index in [-0.39, 0.29) is 18.1 Å². The minimum Gasteiger partial charge on any atom is -0.379 e. The van der Waals surface area contributed by atoms with Crippen LogP contribution in [0.2, 0.25) is 0 Å². The van der Waals surface area contributed by atoms with Gasteiger partial charge in [0.2, 0.25) is 0 Å². The molecule has 0 bridgehead atoms. The van der Waals surface area contributed by atoms with E-state index in [0.717, 1.165) is 30.7 Å². The molecule has 1 aliphatic carbocycles. The van der Waals surface area contributed by atoms with Gasteiger partial charge in [-0.25, -0.2) is 0 Å². The number of methoxy groups -OCH3 is 1. The van der Waals surface area contributed by atoms with Gasteiger partial charge in [0, 0.05) is 12.8 Å². The fraction of sp³-hybridized carbons (Fsp3) is 0.667. The molecule has 17 heavy (non-hydrogen) atoms. The summed E-state index contributed by atoms with van der Waals surface area (Å²) >= 11 is 0. The maximum atomic E-state index is 12.1. The maximum absolute atomic E-state index is 12.1. The molecule has 0 aromatic carbocycles. The number of ether oxygens (including phenoxy) is 1. The van der Waals surface area contributed by atoms with Gasteiger partial charge in [-0.05, 0) is 33.1 Å². The van der Waals surface area contributed by atoms with Crippen LogP contribution in [0.1, 0.15) is 41.0 Å². The highest BCUT2D eigenvalue weighted by molar-refractivity contribution is 5.96. The van der Waals surface area contributed by atoms with Crippen molar-refractivity contribution < 1.29 is 9.53 Å². The van der Waals surface area contributed by atoms with Crippen molar-refractivity contribution in [3.8, 4) is 0 Å². The Balaban J connectivity index is 2.07. The van der Waals surface area contributed by atoms with Crippen molar-refractivity contribution in [1.82, 2.24) is 15.5 Å². The summed E-state index contributed by atoms with van der Waals surface area (Å²) in [4.78, 5) is 12.1. The molecule has 1 saturated carbocycles. The van der Waals surface area contributed by atoms with E-state index in [9.17, 15) is 4.79 Å². The molecule has 94 valence electrons. The van der Waals surface area contributed by atoms with Gasteiger partial charge in [-0.15, -0.1) is 0 Å². The van der Waals surface area contributed by atoms with Crippen LogP contribution in [0.5, 0.6) is 0 Å². The summed E-state index contributed by atoms with van der Waals surface area (Å²) in [6, 6.07) is 0.126. The highest BCUT2D eigenvalue weighted by atomic mass is 16.5. The molecular weight excluding hydrogens is 218 g/mol. The zero-order chi connectivity index (χ0) is 12.4. The lowest BCUT2D eigenvalue weighted by Crippen LogP contribution is -2.41. The Morgan fingerprint density at radius 2 is 2.24 bits per heavy atom. The van der Waals surface area contributed by atoms with Crippen LogP contribution < -0.4 is 5.32 Å². The average molecular weight is 237 g/mol. The van der Waals surface area contributed by atoms with Gasteiger partial charge in [-0.3, -0.25) is 9.89 Å². The highest BCUT2D eigenvalue weighted by Crippen LogP contribution is 2.22. The Labute approximate surface area is 101 Å². The van der Waals surface area contributed by atoms with E-state index >= 15 is 0 Å². The normalized spacial score (nSPS) is 23.9. The Morgan fingerprint density at radius 1 is 1.47 bits per heavy atom. The van der Waals surface area contributed by atoms with Crippen molar-refractivity contribution in [3.63, 3.8) is 0 Å². The summed E-state index contributed by atoms with van der Waals surface area (Å²) in [5.74, 6) is -0.0531. The first kappa shape index (κ1) is 12.1. The molecule has 2 unspecified atom stereocenters. The van der Waals surface area contributed by atoms with E-state index in [0.29, 0.717) is 5.56 Å². The number of hydrogen-bond acceptors (Lipinski definition) is 3. The molecule has 2 atom stereocenters. The van der Waals surface area contributed by atoms with Gasteiger partial charge in [-0.1, -0.05) is 0 Å². The third-order valence-corrected chi connectivity index (χ3v) is 3.43. The molecular formula is C12H19N3O2. The molecule has 2 rings (SSSR count). The molecule has 5 nitrogen and oxygen atoms in total. The van der Waals surface area contributed by atoms with Gasteiger partial charge >= 0.3 is 0 Å². The fourth-order valence-electron chi connectivity index (χ4n) is 2.50. The fourth-order valence-corrected chi connectivity index (χ4v) is 2.50. The van der Waals surface area contributed by atoms with Crippen LogP contribution in [0.15, 0.2) is 0 Å². The third kappa shape index (κ3) is 2.34. The first-order chi connectivity index (χ1) is 8.13. The van der Waals surface area contributed by atoms with Gasteiger partial charge in [0.1, 0.15) is 0 Å². The number of H-pyrrole nitrogens is 1. The minimum atomic E-state index is -0.0531. The SMILES string of the molecule is COC1CCCC1NC(=O)c1c(C)n[nH]c1C. The molecule has 1 aliphatic rings. The first-order valence-electron chi connectivity index (χ1n) is 5.98. The number of carbonyl (C=O) groups excluding carboxylic acids is 1. The smallest absolute Gasteiger partial charge is 0.255 e. The number of aromatic amines is 1. The molecule has 1 fully saturated rings. The lowest BCUT2D eigenvalue weighted by Gasteiger charge is -2.19. The largest absolute Gasteiger partial charge is 0.379 e. The van der Waals surface area contributed by atoms with Crippen LogP contribution in [0.4, 0.5) is 0 Å². The molecule has 5 heteroatoms. The van der Waals surface area contributed by atoms with Crippen molar-refractivity contribution in [2.75, 3.05) is 7.11 Å². The van der Waals surface area contributed by atoms with Gasteiger partial charge in [0.15, 0.2) is 0 Å². The summed E-state index contributed by atoms with van der Waals surface area (Å²) in [5, 5.41) is 9.90. The monoisotopic (exact) mass is 237 g/mol. The number of hydrogen-bond donors (Lipinski definition) is 2. The van der Waals surface area contributed by atoms with Gasteiger partial charge in [-0.2, -0.15) is 5.10 Å². The van der Waals surface area contributed by atoms with Crippen molar-refractivity contribution >= 4 is 5.91 Å². The van der Waals surface area contributed by atoms with Crippen LogP contribution in [-0.4, -0.2) is 35.4 Å². The molecule has 1 amide bonds. The molecule has 0 saturated heterocycles. The Bertz CT molecular complexity index is 394. The third-order valence-electron chi connectivity index (χ3n) is 3.43. The summed E-state index contributed by atoms with van der Waals surface area (Å²) in [5.41, 5.74) is 2.21. The second kappa shape index (κ2) is 4.87. The number of nitrogens with zero attached hydrogens (tertiary/aromatic N) is 1. The summed E-state index contributed by atoms with van der Waals surface area (Å²) in [7, 11) is 1.70.